The molecule has 1 fully saturated rings. The van der Waals surface area contributed by atoms with Gasteiger partial charge in [0, 0.05) is 15.6 Å². The fourth-order valence-corrected chi connectivity index (χ4v) is 2.25. The van der Waals surface area contributed by atoms with Gasteiger partial charge in [-0.2, -0.15) is 0 Å². The van der Waals surface area contributed by atoms with Crippen molar-refractivity contribution < 1.29 is 9.13 Å². The Morgan fingerprint density at radius 3 is 2.75 bits per heavy atom. The van der Waals surface area contributed by atoms with Gasteiger partial charge in [-0.3, -0.25) is 0 Å². The molecule has 1 aromatic carbocycles. The summed E-state index contributed by atoms with van der Waals surface area (Å²) in [5.41, 5.74) is 6.61. The second-order valence-electron chi connectivity index (χ2n) is 4.40. The molecule has 1 aromatic rings. The number of nitrogens with two attached hydrogens (primary N) is 1. The summed E-state index contributed by atoms with van der Waals surface area (Å²) in [6.07, 6.45) is 3.59. The fourth-order valence-electron chi connectivity index (χ4n) is 1.75. The van der Waals surface area contributed by atoms with E-state index in [1.54, 1.807) is 6.07 Å². The SMILES string of the molecule is COc1ccc(Br)c(CCC2(N)CC2)c1F. The summed E-state index contributed by atoms with van der Waals surface area (Å²) in [5, 5.41) is 0. The highest BCUT2D eigenvalue weighted by atomic mass is 79.9. The van der Waals surface area contributed by atoms with Gasteiger partial charge in [0.2, 0.25) is 0 Å². The van der Waals surface area contributed by atoms with Crippen molar-refractivity contribution in [2.75, 3.05) is 7.11 Å². The van der Waals surface area contributed by atoms with Gasteiger partial charge in [-0.1, -0.05) is 15.9 Å². The van der Waals surface area contributed by atoms with Gasteiger partial charge in [0.25, 0.3) is 0 Å². The highest BCUT2D eigenvalue weighted by Crippen LogP contribution is 2.38. The third-order valence-corrected chi connectivity index (χ3v) is 3.88. The Hall–Kier alpha value is -0.610. The normalized spacial score (nSPS) is 17.2. The van der Waals surface area contributed by atoms with E-state index < -0.39 is 0 Å². The number of methoxy groups -OCH3 is 1. The zero-order chi connectivity index (χ0) is 11.8. The van der Waals surface area contributed by atoms with E-state index in [4.69, 9.17) is 10.5 Å². The van der Waals surface area contributed by atoms with Crippen LogP contribution in [-0.2, 0) is 6.42 Å². The molecule has 0 unspecified atom stereocenters. The van der Waals surface area contributed by atoms with Crippen LogP contribution in [0, 0.1) is 5.82 Å². The van der Waals surface area contributed by atoms with Crippen molar-refractivity contribution in [2.45, 2.75) is 31.2 Å². The Morgan fingerprint density at radius 2 is 2.19 bits per heavy atom. The zero-order valence-electron chi connectivity index (χ0n) is 9.22. The topological polar surface area (TPSA) is 35.2 Å². The van der Waals surface area contributed by atoms with Gasteiger partial charge >= 0.3 is 0 Å². The van der Waals surface area contributed by atoms with Crippen LogP contribution in [0.5, 0.6) is 5.75 Å². The second kappa shape index (κ2) is 4.34. The molecule has 0 bridgehead atoms. The molecular formula is C12H15BrFNO. The predicted octanol–water partition coefficient (Wildman–Crippen LogP) is 3.02. The van der Waals surface area contributed by atoms with Gasteiger partial charge in [-0.05, 0) is 37.8 Å². The van der Waals surface area contributed by atoms with Crippen LogP contribution in [0.3, 0.4) is 0 Å². The maximum atomic E-state index is 13.9. The zero-order valence-corrected chi connectivity index (χ0v) is 10.8. The lowest BCUT2D eigenvalue weighted by atomic mass is 10.0. The van der Waals surface area contributed by atoms with Crippen molar-refractivity contribution >= 4 is 15.9 Å². The molecule has 0 heterocycles. The average Bonchev–Trinajstić information content (AvgIpc) is 2.97. The van der Waals surface area contributed by atoms with Crippen LogP contribution in [0.2, 0.25) is 0 Å². The maximum Gasteiger partial charge on any atom is 0.169 e. The van der Waals surface area contributed by atoms with Crippen LogP contribution in [0.25, 0.3) is 0 Å². The van der Waals surface area contributed by atoms with E-state index in [9.17, 15) is 4.39 Å². The van der Waals surface area contributed by atoms with E-state index in [1.165, 1.54) is 7.11 Å². The summed E-state index contributed by atoms with van der Waals surface area (Å²) in [7, 11) is 1.47. The lowest BCUT2D eigenvalue weighted by Gasteiger charge is -2.12. The molecule has 2 nitrogen and oxygen atoms in total. The van der Waals surface area contributed by atoms with Gasteiger partial charge in [-0.15, -0.1) is 0 Å². The quantitative estimate of drug-likeness (QED) is 0.924. The van der Waals surface area contributed by atoms with Crippen molar-refractivity contribution in [1.29, 1.82) is 0 Å². The van der Waals surface area contributed by atoms with Crippen LogP contribution >= 0.6 is 15.9 Å². The molecule has 0 saturated heterocycles. The first-order chi connectivity index (χ1) is 7.56. The monoisotopic (exact) mass is 287 g/mol. The summed E-state index contributed by atoms with van der Waals surface area (Å²) in [6.45, 7) is 0. The Bertz CT molecular complexity index is 404. The van der Waals surface area contributed by atoms with Crippen LogP contribution < -0.4 is 10.5 Å². The minimum absolute atomic E-state index is 0.0467. The number of benzene rings is 1. The standard InChI is InChI=1S/C12H15BrFNO/c1-16-10-3-2-9(13)8(11(10)14)4-5-12(15)6-7-12/h2-3H,4-7,15H2,1H3. The lowest BCUT2D eigenvalue weighted by molar-refractivity contribution is 0.383. The van der Waals surface area contributed by atoms with E-state index in [0.29, 0.717) is 17.7 Å². The highest BCUT2D eigenvalue weighted by molar-refractivity contribution is 9.10. The summed E-state index contributed by atoms with van der Waals surface area (Å²) < 4.78 is 19.7. The molecule has 0 amide bonds. The van der Waals surface area contributed by atoms with Crippen molar-refractivity contribution in [1.82, 2.24) is 0 Å². The number of hydrogen-bond acceptors (Lipinski definition) is 2. The largest absolute Gasteiger partial charge is 0.494 e. The fraction of sp³-hybridized carbons (Fsp3) is 0.500. The van der Waals surface area contributed by atoms with E-state index in [1.807, 2.05) is 6.07 Å². The van der Waals surface area contributed by atoms with Crippen LogP contribution in [0.15, 0.2) is 16.6 Å². The van der Waals surface area contributed by atoms with Gasteiger partial charge in [0.1, 0.15) is 0 Å². The molecule has 0 spiro atoms. The summed E-state index contributed by atoms with van der Waals surface area (Å²) in [4.78, 5) is 0. The number of rotatable bonds is 4. The second-order valence-corrected chi connectivity index (χ2v) is 5.26. The number of halogens is 2. The van der Waals surface area contributed by atoms with Crippen molar-refractivity contribution in [3.8, 4) is 5.75 Å². The maximum absolute atomic E-state index is 13.9. The molecule has 0 atom stereocenters. The van der Waals surface area contributed by atoms with E-state index in [-0.39, 0.29) is 11.4 Å². The van der Waals surface area contributed by atoms with E-state index >= 15 is 0 Å². The van der Waals surface area contributed by atoms with Gasteiger partial charge in [0.05, 0.1) is 7.11 Å². The predicted molar refractivity (Wildman–Crippen MR) is 65.1 cm³/mol. The molecule has 4 heteroatoms. The Labute approximate surface area is 103 Å². The third-order valence-electron chi connectivity index (χ3n) is 3.14. The first kappa shape index (κ1) is 11.9. The first-order valence-corrected chi connectivity index (χ1v) is 6.15. The summed E-state index contributed by atoms with van der Waals surface area (Å²) in [5.74, 6) is 0.0150. The van der Waals surface area contributed by atoms with Crippen molar-refractivity contribution in [3.63, 3.8) is 0 Å². The Balaban J connectivity index is 2.17. The molecule has 16 heavy (non-hydrogen) atoms. The van der Waals surface area contributed by atoms with E-state index in [0.717, 1.165) is 23.7 Å². The Kier molecular flexibility index (Phi) is 3.22. The summed E-state index contributed by atoms with van der Waals surface area (Å²) >= 11 is 3.36. The van der Waals surface area contributed by atoms with Crippen molar-refractivity contribution in [3.05, 3.63) is 28.0 Å². The molecule has 1 aliphatic rings. The molecule has 1 aliphatic carbocycles. The van der Waals surface area contributed by atoms with Gasteiger partial charge < -0.3 is 10.5 Å². The molecule has 0 aromatic heterocycles. The number of hydrogen-bond donors (Lipinski definition) is 1. The minimum atomic E-state index is -0.277. The Morgan fingerprint density at radius 1 is 1.50 bits per heavy atom. The van der Waals surface area contributed by atoms with Crippen molar-refractivity contribution in [2.24, 2.45) is 5.73 Å². The van der Waals surface area contributed by atoms with Gasteiger partial charge in [0.15, 0.2) is 11.6 Å². The van der Waals surface area contributed by atoms with Gasteiger partial charge in [-0.25, -0.2) is 4.39 Å². The first-order valence-electron chi connectivity index (χ1n) is 5.35. The minimum Gasteiger partial charge on any atom is -0.494 e. The molecule has 88 valence electrons. The third kappa shape index (κ3) is 2.38. The number of ether oxygens (including phenoxy) is 1. The van der Waals surface area contributed by atoms with E-state index in [2.05, 4.69) is 15.9 Å². The lowest BCUT2D eigenvalue weighted by Crippen LogP contribution is -2.22. The van der Waals surface area contributed by atoms with Crippen LogP contribution in [-0.4, -0.2) is 12.6 Å². The smallest absolute Gasteiger partial charge is 0.169 e. The average molecular weight is 288 g/mol. The molecule has 0 aliphatic heterocycles. The summed E-state index contributed by atoms with van der Waals surface area (Å²) in [6, 6.07) is 3.44. The molecular weight excluding hydrogens is 273 g/mol. The molecule has 2 rings (SSSR count). The highest BCUT2D eigenvalue weighted by Gasteiger charge is 2.37. The van der Waals surface area contributed by atoms with Crippen LogP contribution in [0.1, 0.15) is 24.8 Å². The molecule has 0 radical (unpaired) electrons. The molecule has 2 N–H and O–H groups in total. The van der Waals surface area contributed by atoms with Crippen LogP contribution in [0.4, 0.5) is 4.39 Å². The molecule has 1 saturated carbocycles.